The van der Waals surface area contributed by atoms with Gasteiger partial charge in [0.2, 0.25) is 5.91 Å². The molecule has 5 rings (SSSR count). The van der Waals surface area contributed by atoms with Crippen LogP contribution in [0, 0.1) is 6.92 Å². The highest BCUT2D eigenvalue weighted by Gasteiger charge is 2.17. The number of aryl methyl sites for hydroxylation is 1. The fourth-order valence-electron chi connectivity index (χ4n) is 3.93. The zero-order valence-electron chi connectivity index (χ0n) is 17.0. The second-order valence-corrected chi connectivity index (χ2v) is 7.42. The van der Waals surface area contributed by atoms with Crippen LogP contribution >= 0.6 is 0 Å². The molecule has 0 spiro atoms. The number of pyridine rings is 1. The lowest BCUT2D eigenvalue weighted by molar-refractivity contribution is -0.115. The summed E-state index contributed by atoms with van der Waals surface area (Å²) in [7, 11) is 0. The van der Waals surface area contributed by atoms with E-state index in [0.29, 0.717) is 5.69 Å². The number of amides is 1. The number of carbonyl (C=O) groups is 1. The molecule has 5 aromatic rings. The fraction of sp³-hybridized carbons (Fsp3) is 0.0769. The van der Waals surface area contributed by atoms with Crippen LogP contribution in [0.2, 0.25) is 0 Å². The first-order valence-electron chi connectivity index (χ1n) is 10.1. The number of fused-ring (bicyclic) bond motifs is 2. The molecule has 3 aromatic carbocycles. The Labute approximate surface area is 179 Å². The van der Waals surface area contributed by atoms with E-state index in [1.165, 1.54) is 0 Å². The first kappa shape index (κ1) is 18.9. The minimum absolute atomic E-state index is 0.0967. The average molecular weight is 404 g/mol. The molecule has 1 amide bonds. The molecule has 5 nitrogen and oxygen atoms in total. The number of rotatable bonds is 4. The number of nitrogens with zero attached hydrogens (tertiary/aromatic N) is 3. The summed E-state index contributed by atoms with van der Waals surface area (Å²) in [4.78, 5) is 26.4. The Balaban J connectivity index is 1.53. The van der Waals surface area contributed by atoms with Crippen molar-refractivity contribution in [3.8, 4) is 11.1 Å². The van der Waals surface area contributed by atoms with Gasteiger partial charge >= 0.3 is 0 Å². The average Bonchev–Trinajstić information content (AvgIpc) is 2.80. The molecule has 0 atom stereocenters. The van der Waals surface area contributed by atoms with Gasteiger partial charge in [0.15, 0.2) is 0 Å². The Bertz CT molecular complexity index is 1410. The maximum Gasteiger partial charge on any atom is 0.228 e. The summed E-state index contributed by atoms with van der Waals surface area (Å²) >= 11 is 0. The third-order valence-corrected chi connectivity index (χ3v) is 5.35. The number of hydrogen-bond acceptors (Lipinski definition) is 4. The van der Waals surface area contributed by atoms with Crippen LogP contribution < -0.4 is 5.32 Å². The van der Waals surface area contributed by atoms with E-state index in [1.807, 2.05) is 61.5 Å². The van der Waals surface area contributed by atoms with Crippen molar-refractivity contribution >= 4 is 33.5 Å². The number of para-hydroxylation sites is 1. The summed E-state index contributed by atoms with van der Waals surface area (Å²) < 4.78 is 0. The van der Waals surface area contributed by atoms with Crippen molar-refractivity contribution < 1.29 is 4.79 Å². The topological polar surface area (TPSA) is 67.8 Å². The third-order valence-electron chi connectivity index (χ3n) is 5.35. The first-order chi connectivity index (χ1) is 15.2. The maximum absolute atomic E-state index is 13.0. The molecule has 0 saturated carbocycles. The number of anilines is 1. The minimum Gasteiger partial charge on any atom is -0.326 e. The Hall–Kier alpha value is -4.12. The van der Waals surface area contributed by atoms with E-state index >= 15 is 0 Å². The predicted molar refractivity (Wildman–Crippen MR) is 124 cm³/mol. The van der Waals surface area contributed by atoms with Crippen molar-refractivity contribution in [3.05, 3.63) is 96.4 Å². The van der Waals surface area contributed by atoms with Crippen molar-refractivity contribution in [1.82, 2.24) is 15.0 Å². The lowest BCUT2D eigenvalue weighted by atomic mass is 9.92. The van der Waals surface area contributed by atoms with Gasteiger partial charge in [0, 0.05) is 29.2 Å². The fourth-order valence-corrected chi connectivity index (χ4v) is 3.93. The normalized spacial score (nSPS) is 11.0. The molecule has 2 heterocycles. The molecular formula is C26H20N4O. The van der Waals surface area contributed by atoms with Gasteiger partial charge in [-0.3, -0.25) is 19.7 Å². The maximum atomic E-state index is 13.0. The highest BCUT2D eigenvalue weighted by atomic mass is 16.1. The molecule has 0 radical (unpaired) electrons. The molecule has 0 unspecified atom stereocenters. The van der Waals surface area contributed by atoms with E-state index in [0.717, 1.165) is 44.3 Å². The number of hydrogen-bond donors (Lipinski definition) is 1. The van der Waals surface area contributed by atoms with Crippen molar-refractivity contribution in [2.75, 3.05) is 5.32 Å². The molecule has 150 valence electrons. The number of nitrogens with one attached hydrogen (secondary N) is 1. The van der Waals surface area contributed by atoms with Crippen LogP contribution in [0.25, 0.3) is 33.1 Å². The van der Waals surface area contributed by atoms with Gasteiger partial charge in [0.25, 0.3) is 0 Å². The van der Waals surface area contributed by atoms with E-state index in [4.69, 9.17) is 4.98 Å². The van der Waals surface area contributed by atoms with E-state index in [-0.39, 0.29) is 12.3 Å². The number of aromatic nitrogens is 3. The van der Waals surface area contributed by atoms with Crippen molar-refractivity contribution in [1.29, 1.82) is 0 Å². The number of benzene rings is 3. The van der Waals surface area contributed by atoms with Gasteiger partial charge in [-0.15, -0.1) is 0 Å². The van der Waals surface area contributed by atoms with E-state index in [2.05, 4.69) is 33.5 Å². The molecule has 0 saturated heterocycles. The Morgan fingerprint density at radius 2 is 1.58 bits per heavy atom. The second kappa shape index (κ2) is 7.95. The van der Waals surface area contributed by atoms with Gasteiger partial charge in [-0.05, 0) is 47.9 Å². The lowest BCUT2D eigenvalue weighted by Crippen LogP contribution is -2.16. The standard InChI is InChI=1S/C26H20N4O/c1-17-21(16-25(31)30-19-11-12-23-24(15-19)28-14-13-27-23)26(18-7-3-2-4-8-18)20-9-5-6-10-22(20)29-17/h2-15H,16H2,1H3,(H,30,31). The summed E-state index contributed by atoms with van der Waals surface area (Å²) in [5.74, 6) is -0.0967. The molecule has 0 bridgehead atoms. The number of carbonyl (C=O) groups excluding carboxylic acids is 1. The van der Waals surface area contributed by atoms with E-state index in [9.17, 15) is 4.79 Å². The molecule has 0 fully saturated rings. The Morgan fingerprint density at radius 3 is 2.42 bits per heavy atom. The highest BCUT2D eigenvalue weighted by Crippen LogP contribution is 2.33. The van der Waals surface area contributed by atoms with E-state index in [1.54, 1.807) is 12.4 Å². The van der Waals surface area contributed by atoms with Crippen molar-refractivity contribution in [2.24, 2.45) is 0 Å². The molecule has 5 heteroatoms. The molecule has 1 N–H and O–H groups in total. The summed E-state index contributed by atoms with van der Waals surface area (Å²) in [5, 5.41) is 4.05. The van der Waals surface area contributed by atoms with Crippen LogP contribution in [0.5, 0.6) is 0 Å². The summed E-state index contributed by atoms with van der Waals surface area (Å²) in [5.41, 5.74) is 7.09. The van der Waals surface area contributed by atoms with Gasteiger partial charge in [-0.1, -0.05) is 48.5 Å². The van der Waals surface area contributed by atoms with Gasteiger partial charge in [-0.2, -0.15) is 0 Å². The van der Waals surface area contributed by atoms with Crippen LogP contribution in [-0.2, 0) is 11.2 Å². The first-order valence-corrected chi connectivity index (χ1v) is 10.1. The monoisotopic (exact) mass is 404 g/mol. The molecule has 31 heavy (non-hydrogen) atoms. The minimum atomic E-state index is -0.0967. The highest BCUT2D eigenvalue weighted by molar-refractivity contribution is 6.00. The smallest absolute Gasteiger partial charge is 0.228 e. The van der Waals surface area contributed by atoms with Crippen LogP contribution in [0.4, 0.5) is 5.69 Å². The van der Waals surface area contributed by atoms with Gasteiger partial charge in [0.1, 0.15) is 0 Å². The van der Waals surface area contributed by atoms with Crippen LogP contribution in [0.3, 0.4) is 0 Å². The largest absolute Gasteiger partial charge is 0.326 e. The van der Waals surface area contributed by atoms with Crippen LogP contribution in [0.15, 0.2) is 85.2 Å². The molecule has 0 aliphatic heterocycles. The van der Waals surface area contributed by atoms with Gasteiger partial charge in [-0.25, -0.2) is 0 Å². The third kappa shape index (κ3) is 3.73. The quantitative estimate of drug-likeness (QED) is 0.439. The summed E-state index contributed by atoms with van der Waals surface area (Å²) in [6, 6.07) is 23.8. The zero-order valence-corrected chi connectivity index (χ0v) is 17.0. The molecule has 2 aromatic heterocycles. The summed E-state index contributed by atoms with van der Waals surface area (Å²) in [6.07, 6.45) is 3.53. The Kier molecular flexibility index (Phi) is 4.84. The van der Waals surface area contributed by atoms with Crippen LogP contribution in [0.1, 0.15) is 11.3 Å². The van der Waals surface area contributed by atoms with Crippen LogP contribution in [-0.4, -0.2) is 20.9 Å². The van der Waals surface area contributed by atoms with Crippen molar-refractivity contribution in [2.45, 2.75) is 13.3 Å². The Morgan fingerprint density at radius 1 is 0.839 bits per heavy atom. The van der Waals surface area contributed by atoms with Gasteiger partial charge in [0.05, 0.1) is 23.0 Å². The predicted octanol–water partition coefficient (Wildman–Crippen LogP) is 5.33. The second-order valence-electron chi connectivity index (χ2n) is 7.42. The zero-order chi connectivity index (χ0) is 21.2. The van der Waals surface area contributed by atoms with Crippen molar-refractivity contribution in [3.63, 3.8) is 0 Å². The molecule has 0 aliphatic rings. The SMILES string of the molecule is Cc1nc2ccccc2c(-c2ccccc2)c1CC(=O)Nc1ccc2nccnc2c1. The lowest BCUT2D eigenvalue weighted by Gasteiger charge is -2.16. The van der Waals surface area contributed by atoms with E-state index < -0.39 is 0 Å². The molecule has 0 aliphatic carbocycles. The van der Waals surface area contributed by atoms with Gasteiger partial charge < -0.3 is 5.32 Å². The molecular weight excluding hydrogens is 384 g/mol. The summed E-state index contributed by atoms with van der Waals surface area (Å²) in [6.45, 7) is 1.97.